The molecule has 0 fully saturated rings. The molecule has 2 aromatic carbocycles. The smallest absolute Gasteiger partial charge is 0.339 e. The number of fused-ring (bicyclic) bond motifs is 1. The minimum absolute atomic E-state index is 0.405. The number of carbonyl (C=O) groups is 1. The van der Waals surface area contributed by atoms with Gasteiger partial charge in [-0.05, 0) is 36.2 Å². The van der Waals surface area contributed by atoms with Gasteiger partial charge in [-0.1, -0.05) is 30.3 Å². The normalized spacial score (nSPS) is 12.6. The Labute approximate surface area is 151 Å². The fraction of sp³-hybridized carbons (Fsp3) is 0.150. The third kappa shape index (κ3) is 2.97. The molecule has 2 heterocycles. The number of nitrogens with one attached hydrogen (secondary N) is 1. The summed E-state index contributed by atoms with van der Waals surface area (Å²) in [4.78, 5) is 23.0. The molecule has 0 amide bonds. The topological polar surface area (TPSA) is 67.3 Å². The maximum Gasteiger partial charge on any atom is 0.339 e. The number of carbonyl (C=O) groups excluding carboxylic acids is 1. The second-order valence-corrected chi connectivity index (χ2v) is 5.93. The lowest BCUT2D eigenvalue weighted by Crippen LogP contribution is -2.15. The molecule has 0 saturated heterocycles. The van der Waals surface area contributed by atoms with Crippen LogP contribution in [-0.2, 0) is 11.2 Å². The van der Waals surface area contributed by atoms with Gasteiger partial charge in [0, 0.05) is 18.4 Å². The third-order valence-electron chi connectivity index (χ3n) is 4.38. The Morgan fingerprint density at radius 2 is 1.92 bits per heavy atom. The molecule has 1 N–H and O–H groups in total. The summed E-state index contributed by atoms with van der Waals surface area (Å²) in [6, 6.07) is 17.3. The highest BCUT2D eigenvalue weighted by molar-refractivity contribution is 5.96. The van der Waals surface area contributed by atoms with E-state index in [-0.39, 0.29) is 0 Å². The Balaban J connectivity index is 1.63. The minimum atomic E-state index is -0.405. The van der Waals surface area contributed by atoms with E-state index >= 15 is 0 Å². The molecule has 0 spiro atoms. The fourth-order valence-corrected chi connectivity index (χ4v) is 3.14. The number of hydrogen-bond donors (Lipinski definition) is 1. The third-order valence-corrected chi connectivity index (χ3v) is 4.38. The van der Waals surface area contributed by atoms with Gasteiger partial charge in [0.2, 0.25) is 5.95 Å². The Hall–Kier alpha value is -3.41. The van der Waals surface area contributed by atoms with Gasteiger partial charge < -0.3 is 15.0 Å². The molecule has 4 rings (SSSR count). The summed E-state index contributed by atoms with van der Waals surface area (Å²) in [5.41, 5.74) is 3.54. The monoisotopic (exact) mass is 346 g/mol. The number of para-hydroxylation sites is 2. The quantitative estimate of drug-likeness (QED) is 0.727. The van der Waals surface area contributed by atoms with Gasteiger partial charge in [0.1, 0.15) is 5.82 Å². The highest BCUT2D eigenvalue weighted by atomic mass is 16.5. The molecule has 0 saturated carbocycles. The van der Waals surface area contributed by atoms with Crippen LogP contribution < -0.4 is 10.2 Å². The number of ether oxygens (including phenoxy) is 1. The van der Waals surface area contributed by atoms with Crippen LogP contribution in [0.25, 0.3) is 0 Å². The van der Waals surface area contributed by atoms with Gasteiger partial charge in [-0.15, -0.1) is 0 Å². The number of esters is 1. The van der Waals surface area contributed by atoms with Crippen LogP contribution in [0.15, 0.2) is 60.8 Å². The standard InChI is InChI=1S/C20H18N4O2/c1-26-19(25)15-7-3-4-8-16(15)22-20-21-12-10-18(23-20)24-13-11-14-6-2-5-9-17(14)24/h2-10,12H,11,13H2,1H3,(H,21,22,23). The van der Waals surface area contributed by atoms with Gasteiger partial charge in [-0.25, -0.2) is 9.78 Å². The van der Waals surface area contributed by atoms with Crippen molar-refractivity contribution in [3.05, 3.63) is 71.9 Å². The average Bonchev–Trinajstić information content (AvgIpc) is 3.12. The summed E-state index contributed by atoms with van der Waals surface area (Å²) in [6.45, 7) is 0.883. The molecule has 0 aliphatic carbocycles. The first-order valence-electron chi connectivity index (χ1n) is 8.39. The number of methoxy groups -OCH3 is 1. The predicted molar refractivity (Wildman–Crippen MR) is 100 cm³/mol. The molecule has 3 aromatic rings. The van der Waals surface area contributed by atoms with Crippen LogP contribution in [0.3, 0.4) is 0 Å². The molecule has 0 atom stereocenters. The molecule has 6 nitrogen and oxygen atoms in total. The van der Waals surface area contributed by atoms with E-state index in [1.807, 2.05) is 18.2 Å². The summed E-state index contributed by atoms with van der Waals surface area (Å²) in [5.74, 6) is 0.851. The summed E-state index contributed by atoms with van der Waals surface area (Å²) in [7, 11) is 1.36. The van der Waals surface area contributed by atoms with Crippen LogP contribution in [0.5, 0.6) is 0 Å². The Kier molecular flexibility index (Phi) is 4.23. The number of aromatic nitrogens is 2. The van der Waals surface area contributed by atoms with Crippen molar-refractivity contribution in [2.24, 2.45) is 0 Å². The van der Waals surface area contributed by atoms with E-state index in [0.717, 1.165) is 18.8 Å². The van der Waals surface area contributed by atoms with Crippen LogP contribution in [-0.4, -0.2) is 29.6 Å². The molecule has 6 heteroatoms. The lowest BCUT2D eigenvalue weighted by molar-refractivity contribution is 0.0602. The highest BCUT2D eigenvalue weighted by Crippen LogP contribution is 2.33. The number of nitrogens with zero attached hydrogens (tertiary/aromatic N) is 3. The largest absolute Gasteiger partial charge is 0.465 e. The Morgan fingerprint density at radius 3 is 2.81 bits per heavy atom. The molecule has 0 unspecified atom stereocenters. The van der Waals surface area contributed by atoms with Crippen molar-refractivity contribution in [1.82, 2.24) is 9.97 Å². The number of benzene rings is 2. The zero-order valence-electron chi connectivity index (χ0n) is 14.3. The van der Waals surface area contributed by atoms with E-state index in [0.29, 0.717) is 17.2 Å². The zero-order valence-corrected chi connectivity index (χ0v) is 14.3. The number of hydrogen-bond acceptors (Lipinski definition) is 6. The van der Waals surface area contributed by atoms with Crippen molar-refractivity contribution < 1.29 is 9.53 Å². The van der Waals surface area contributed by atoms with Crippen LogP contribution in [0.4, 0.5) is 23.1 Å². The SMILES string of the molecule is COC(=O)c1ccccc1Nc1nccc(N2CCc3ccccc32)n1. The van der Waals surface area contributed by atoms with Gasteiger partial charge in [-0.2, -0.15) is 4.98 Å². The molecule has 1 aliphatic rings. The Bertz CT molecular complexity index is 958. The molecule has 1 aliphatic heterocycles. The highest BCUT2D eigenvalue weighted by Gasteiger charge is 2.21. The molecule has 0 bridgehead atoms. The lowest BCUT2D eigenvalue weighted by Gasteiger charge is -2.19. The van der Waals surface area contributed by atoms with Crippen LogP contribution in [0.1, 0.15) is 15.9 Å². The van der Waals surface area contributed by atoms with Crippen molar-refractivity contribution in [3.8, 4) is 0 Å². The summed E-state index contributed by atoms with van der Waals surface area (Å²) in [5, 5.41) is 3.13. The number of anilines is 4. The average molecular weight is 346 g/mol. The van der Waals surface area contributed by atoms with Gasteiger partial charge in [0.15, 0.2) is 0 Å². The van der Waals surface area contributed by atoms with Gasteiger partial charge in [0.05, 0.1) is 18.4 Å². The zero-order chi connectivity index (χ0) is 17.9. The predicted octanol–water partition coefficient (Wildman–Crippen LogP) is 3.70. The van der Waals surface area contributed by atoms with Gasteiger partial charge in [0.25, 0.3) is 0 Å². The molecular weight excluding hydrogens is 328 g/mol. The van der Waals surface area contributed by atoms with Crippen molar-refractivity contribution in [2.75, 3.05) is 23.9 Å². The lowest BCUT2D eigenvalue weighted by atomic mass is 10.2. The van der Waals surface area contributed by atoms with E-state index < -0.39 is 5.97 Å². The second kappa shape index (κ2) is 6.84. The van der Waals surface area contributed by atoms with Gasteiger partial charge in [-0.3, -0.25) is 0 Å². The molecule has 26 heavy (non-hydrogen) atoms. The van der Waals surface area contributed by atoms with E-state index in [4.69, 9.17) is 4.74 Å². The van der Waals surface area contributed by atoms with Crippen molar-refractivity contribution >= 4 is 29.1 Å². The van der Waals surface area contributed by atoms with E-state index in [9.17, 15) is 4.79 Å². The summed E-state index contributed by atoms with van der Waals surface area (Å²) >= 11 is 0. The van der Waals surface area contributed by atoms with E-state index in [1.165, 1.54) is 18.4 Å². The molecule has 130 valence electrons. The molecular formula is C20H18N4O2. The molecule has 0 radical (unpaired) electrons. The minimum Gasteiger partial charge on any atom is -0.465 e. The van der Waals surface area contributed by atoms with Crippen molar-refractivity contribution in [2.45, 2.75) is 6.42 Å². The van der Waals surface area contributed by atoms with Crippen LogP contribution in [0, 0.1) is 0 Å². The Morgan fingerprint density at radius 1 is 1.12 bits per heavy atom. The number of rotatable bonds is 4. The van der Waals surface area contributed by atoms with Crippen molar-refractivity contribution in [1.29, 1.82) is 0 Å². The van der Waals surface area contributed by atoms with Crippen LogP contribution >= 0.6 is 0 Å². The fourth-order valence-electron chi connectivity index (χ4n) is 3.14. The van der Waals surface area contributed by atoms with E-state index in [2.05, 4.69) is 38.4 Å². The summed E-state index contributed by atoms with van der Waals surface area (Å²) in [6.07, 6.45) is 2.71. The van der Waals surface area contributed by atoms with Gasteiger partial charge >= 0.3 is 5.97 Å². The first kappa shape index (κ1) is 16.1. The van der Waals surface area contributed by atoms with Crippen LogP contribution in [0.2, 0.25) is 0 Å². The van der Waals surface area contributed by atoms with Crippen molar-refractivity contribution in [3.63, 3.8) is 0 Å². The van der Waals surface area contributed by atoms with E-state index in [1.54, 1.807) is 24.4 Å². The maximum atomic E-state index is 11.9. The summed E-state index contributed by atoms with van der Waals surface area (Å²) < 4.78 is 4.83. The maximum absolute atomic E-state index is 11.9. The second-order valence-electron chi connectivity index (χ2n) is 5.93. The first-order chi connectivity index (χ1) is 12.8. The first-order valence-corrected chi connectivity index (χ1v) is 8.39. The molecule has 1 aromatic heterocycles.